The van der Waals surface area contributed by atoms with Crippen LogP contribution in [0.4, 0.5) is 10.1 Å². The Hall–Kier alpha value is -2.73. The molecule has 3 unspecified atom stereocenters. The van der Waals surface area contributed by atoms with Gasteiger partial charge in [0.15, 0.2) is 29.9 Å². The number of Topliss-reactive ketones (excluding diaryl/α,β-unsaturated/α-hetero) is 1. The van der Waals surface area contributed by atoms with Crippen molar-refractivity contribution < 1.29 is 61.7 Å². The van der Waals surface area contributed by atoms with Gasteiger partial charge in [0.1, 0.15) is 24.4 Å². The third-order valence-corrected chi connectivity index (χ3v) is 15.4. The number of aliphatic hydroxyl groups excluding tert-OH is 1. The number of ether oxygens (including phenoxy) is 9. The number of carbonyl (C=O) groups excluding carboxylic acids is 2. The molecule has 1 aromatic rings. The smallest absolute Gasteiger partial charge is 0.306 e. The molecular formula is C48H73FN2O12. The second-order valence-electron chi connectivity index (χ2n) is 19.1. The van der Waals surface area contributed by atoms with Crippen molar-refractivity contribution in [2.75, 3.05) is 47.9 Å². The van der Waals surface area contributed by atoms with Crippen molar-refractivity contribution in [3.63, 3.8) is 0 Å². The summed E-state index contributed by atoms with van der Waals surface area (Å²) < 4.78 is 70.8. The number of carbonyl (C=O) groups is 2. The zero-order chi connectivity index (χ0) is 45.3. The van der Waals surface area contributed by atoms with Crippen molar-refractivity contribution in [3.05, 3.63) is 35.7 Å². The highest BCUT2D eigenvalue weighted by Gasteiger charge is 2.60. The summed E-state index contributed by atoms with van der Waals surface area (Å²) in [5.41, 5.74) is 0.923. The van der Waals surface area contributed by atoms with E-state index in [9.17, 15) is 9.90 Å². The molecule has 1 aromatic carbocycles. The Morgan fingerprint density at radius 1 is 0.889 bits per heavy atom. The Labute approximate surface area is 373 Å². The fourth-order valence-electron chi connectivity index (χ4n) is 12.2. The average molecular weight is 889 g/mol. The van der Waals surface area contributed by atoms with E-state index in [0.29, 0.717) is 56.2 Å². The molecule has 15 heteroatoms. The van der Waals surface area contributed by atoms with Gasteiger partial charge in [0.2, 0.25) is 0 Å². The fraction of sp³-hybridized carbons (Fsp3) is 0.792. The van der Waals surface area contributed by atoms with Crippen molar-refractivity contribution in [1.82, 2.24) is 4.90 Å². The predicted molar refractivity (Wildman–Crippen MR) is 231 cm³/mol. The number of halogens is 1. The SMILES string of the molecule is CC[C@H]1CCC[C@H](O[C@H]2CC[C@H](N(C)C)C(C)O2)[C@@H](C)C(=O)C2=C[C@H]3[C@@H]4C[C@H](O[C@@H]5OC(C)[C@H](OC)C(OC)[C@@H]5OC)C[C@H]4[C@@H](O)[C@H](Nc4cccc(F)c4OC)[C@H]3[C@@H]2CC(=O)O1. The van der Waals surface area contributed by atoms with E-state index in [1.807, 2.05) is 20.8 Å². The number of aliphatic hydroxyl groups is 1. The summed E-state index contributed by atoms with van der Waals surface area (Å²) in [4.78, 5) is 31.5. The molecule has 354 valence electrons. The van der Waals surface area contributed by atoms with Crippen LogP contribution in [-0.2, 0) is 47.5 Å². The first kappa shape index (κ1) is 48.2. The highest BCUT2D eigenvalue weighted by atomic mass is 19.1. The molecule has 0 radical (unpaired) electrons. The molecule has 7 rings (SSSR count). The van der Waals surface area contributed by atoms with Crippen LogP contribution >= 0.6 is 0 Å². The number of rotatable bonds is 12. The number of methoxy groups -OCH3 is 4. The molecule has 0 aromatic heterocycles. The minimum atomic E-state index is -0.972. The van der Waals surface area contributed by atoms with Crippen LogP contribution in [0.15, 0.2) is 29.8 Å². The van der Waals surface area contributed by atoms with Crippen molar-refractivity contribution >= 4 is 17.4 Å². The molecule has 14 nitrogen and oxygen atoms in total. The molecular weight excluding hydrogens is 816 g/mol. The lowest BCUT2D eigenvalue weighted by molar-refractivity contribution is -0.314. The summed E-state index contributed by atoms with van der Waals surface area (Å²) >= 11 is 0. The van der Waals surface area contributed by atoms with E-state index in [2.05, 4.69) is 37.3 Å². The molecule has 19 atom stereocenters. The number of hydrogen-bond donors (Lipinski definition) is 2. The van der Waals surface area contributed by atoms with Crippen molar-refractivity contribution in [2.24, 2.45) is 35.5 Å². The van der Waals surface area contributed by atoms with E-state index in [1.54, 1.807) is 33.5 Å². The third kappa shape index (κ3) is 9.88. The fourth-order valence-corrected chi connectivity index (χ4v) is 12.2. The van der Waals surface area contributed by atoms with Gasteiger partial charge in [0, 0.05) is 39.2 Å². The number of cyclic esters (lactones) is 1. The lowest BCUT2D eigenvalue weighted by Crippen LogP contribution is -2.59. The number of para-hydroxylation sites is 1. The Morgan fingerprint density at radius 3 is 2.29 bits per heavy atom. The topological polar surface area (TPSA) is 153 Å². The van der Waals surface area contributed by atoms with E-state index >= 15 is 9.18 Å². The first-order chi connectivity index (χ1) is 30.2. The van der Waals surface area contributed by atoms with Gasteiger partial charge in [-0.25, -0.2) is 4.39 Å². The highest BCUT2D eigenvalue weighted by molar-refractivity contribution is 5.99. The Bertz CT molecular complexity index is 1750. The lowest BCUT2D eigenvalue weighted by Gasteiger charge is -2.48. The van der Waals surface area contributed by atoms with E-state index in [-0.39, 0.29) is 78.2 Å². The van der Waals surface area contributed by atoms with E-state index in [0.717, 1.165) is 6.42 Å². The summed E-state index contributed by atoms with van der Waals surface area (Å²) in [6.45, 7) is 7.94. The van der Waals surface area contributed by atoms with Crippen LogP contribution in [0.2, 0.25) is 0 Å². The monoisotopic (exact) mass is 889 g/mol. The van der Waals surface area contributed by atoms with Gasteiger partial charge in [0.05, 0.1) is 55.8 Å². The average Bonchev–Trinajstić information content (AvgIpc) is 3.85. The lowest BCUT2D eigenvalue weighted by atomic mass is 9.62. The molecule has 6 aliphatic rings. The van der Waals surface area contributed by atoms with Crippen molar-refractivity contribution in [3.8, 4) is 5.75 Å². The molecule has 3 saturated heterocycles. The number of nitrogens with one attached hydrogen (secondary N) is 1. The predicted octanol–water partition coefficient (Wildman–Crippen LogP) is 5.92. The van der Waals surface area contributed by atoms with Gasteiger partial charge < -0.3 is 58.0 Å². The quantitative estimate of drug-likeness (QED) is 0.239. The number of nitrogens with zero attached hydrogens (tertiary/aromatic N) is 1. The van der Waals surface area contributed by atoms with Crippen molar-refractivity contribution in [2.45, 2.75) is 165 Å². The summed E-state index contributed by atoms with van der Waals surface area (Å²) in [5, 5.41) is 16.2. The van der Waals surface area contributed by atoms with E-state index in [1.165, 1.54) is 13.2 Å². The number of allylic oxidation sites excluding steroid dienone is 2. The largest absolute Gasteiger partial charge is 0.492 e. The summed E-state index contributed by atoms with van der Waals surface area (Å²) in [7, 11) is 10.3. The normalized spacial score (nSPS) is 42.3. The standard InChI is InChI=1S/C48H73FN2O12/c1-11-27-14-12-17-37(63-39-19-18-36(51(5)6)25(3)59-39)24(2)42(53)33-22-30-29-20-28(62-48-47(58-10)46(57-9)44(55-7)26(4)60-48)21-32(29)43(54)41(40(30)31(33)23-38(52)61-27)50-35-16-13-15-34(49)45(35)56-8/h13,15-16,22,24-32,36-37,39-41,43-44,46-48,50,54H,11-12,14,17-21,23H2,1-10H3/t24-,25?,26?,27+,28+,29+,30+,31-,32-,36+,37+,39+,40-,41-,43-,44+,46?,47+,48+/m1/s1. The molecule has 3 heterocycles. The molecule has 0 spiro atoms. The summed E-state index contributed by atoms with van der Waals surface area (Å²) in [5.74, 6) is -3.25. The maximum Gasteiger partial charge on any atom is 0.306 e. The van der Waals surface area contributed by atoms with Gasteiger partial charge in [-0.2, -0.15) is 0 Å². The molecule has 2 N–H and O–H groups in total. The molecule has 63 heavy (non-hydrogen) atoms. The number of likely N-dealkylation sites (N-methyl/N-ethyl adjacent to an activating group) is 1. The number of fused-ring (bicyclic) bond motifs is 5. The van der Waals surface area contributed by atoms with Gasteiger partial charge in [-0.3, -0.25) is 9.59 Å². The number of anilines is 1. The Balaban J connectivity index is 1.23. The van der Waals surface area contributed by atoms with Gasteiger partial charge in [0.25, 0.3) is 0 Å². The minimum Gasteiger partial charge on any atom is -0.492 e. The van der Waals surface area contributed by atoms with Crippen LogP contribution < -0.4 is 10.1 Å². The zero-order valence-corrected chi connectivity index (χ0v) is 38.9. The second kappa shape index (κ2) is 20.8. The van der Waals surface area contributed by atoms with E-state index < -0.39 is 66.6 Å². The zero-order valence-electron chi connectivity index (χ0n) is 38.9. The first-order valence-electron chi connectivity index (χ1n) is 23.3. The van der Waals surface area contributed by atoms with Gasteiger partial charge >= 0.3 is 5.97 Å². The van der Waals surface area contributed by atoms with Crippen molar-refractivity contribution in [1.29, 1.82) is 0 Å². The maximum absolute atomic E-state index is 15.2. The maximum atomic E-state index is 15.2. The third-order valence-electron chi connectivity index (χ3n) is 15.4. The number of esters is 1. The number of hydrogen-bond acceptors (Lipinski definition) is 14. The molecule has 2 saturated carbocycles. The van der Waals surface area contributed by atoms with Crippen LogP contribution in [-0.4, -0.2) is 144 Å². The molecule has 5 fully saturated rings. The molecule has 0 amide bonds. The number of ketones is 1. The van der Waals surface area contributed by atoms with Gasteiger partial charge in [-0.15, -0.1) is 0 Å². The second-order valence-corrected chi connectivity index (χ2v) is 19.1. The first-order valence-corrected chi connectivity index (χ1v) is 23.3. The van der Waals surface area contributed by atoms with Crippen LogP contribution in [0.3, 0.4) is 0 Å². The van der Waals surface area contributed by atoms with Crippen LogP contribution in [0.1, 0.15) is 85.5 Å². The number of benzene rings is 1. The van der Waals surface area contributed by atoms with Gasteiger partial charge in [-0.1, -0.05) is 26.0 Å². The molecule has 3 aliphatic carbocycles. The molecule has 0 bridgehead atoms. The summed E-state index contributed by atoms with van der Waals surface area (Å²) in [6.07, 6.45) is 2.26. The Kier molecular flexibility index (Phi) is 15.9. The van der Waals surface area contributed by atoms with Crippen LogP contribution in [0, 0.1) is 41.3 Å². The van der Waals surface area contributed by atoms with Crippen LogP contribution in [0.25, 0.3) is 0 Å². The summed E-state index contributed by atoms with van der Waals surface area (Å²) in [6, 6.07) is 4.20. The highest BCUT2D eigenvalue weighted by Crippen LogP contribution is 2.58. The molecule has 3 aliphatic heterocycles. The minimum absolute atomic E-state index is 0.0168. The Morgan fingerprint density at radius 2 is 1.62 bits per heavy atom. The van der Waals surface area contributed by atoms with Gasteiger partial charge in [-0.05, 0) is 121 Å². The van der Waals surface area contributed by atoms with Crippen LogP contribution in [0.5, 0.6) is 5.75 Å². The van der Waals surface area contributed by atoms with E-state index in [4.69, 9.17) is 42.6 Å².